The summed E-state index contributed by atoms with van der Waals surface area (Å²) in [6, 6.07) is 4.64. The van der Waals surface area contributed by atoms with Gasteiger partial charge in [-0.15, -0.1) is 0 Å². The number of halogens is 2. The van der Waals surface area contributed by atoms with Gasteiger partial charge in [-0.1, -0.05) is 6.58 Å². The Bertz CT molecular complexity index is 330. The summed E-state index contributed by atoms with van der Waals surface area (Å²) >= 11 is 0. The van der Waals surface area contributed by atoms with Crippen LogP contribution in [0.1, 0.15) is 0 Å². The Morgan fingerprint density at radius 2 is 1.85 bits per heavy atom. The van der Waals surface area contributed by atoms with E-state index in [0.717, 1.165) is 12.1 Å². The molecule has 0 aliphatic carbocycles. The van der Waals surface area contributed by atoms with Crippen LogP contribution < -0.4 is 4.74 Å². The molecule has 2 nitrogen and oxygen atoms in total. The molecular weight excluding hydrogens is 178 g/mol. The van der Waals surface area contributed by atoms with E-state index < -0.39 is 17.6 Å². The molecule has 0 N–H and O–H groups in total. The molecule has 13 heavy (non-hydrogen) atoms. The highest BCUT2D eigenvalue weighted by atomic mass is 19.1. The highest BCUT2D eigenvalue weighted by Crippen LogP contribution is 2.12. The molecule has 0 unspecified atom stereocenters. The smallest absolute Gasteiger partial charge is 0.371 e. The molecule has 0 saturated carbocycles. The maximum Gasteiger partial charge on any atom is 0.371 e. The fraction of sp³-hybridized carbons (Fsp3) is 0. The first-order valence-corrected chi connectivity index (χ1v) is 3.42. The first kappa shape index (κ1) is 9.38. The quantitative estimate of drug-likeness (QED) is 0.400. The zero-order chi connectivity index (χ0) is 9.84. The first-order valence-electron chi connectivity index (χ1n) is 3.42. The summed E-state index contributed by atoms with van der Waals surface area (Å²) < 4.78 is 28.9. The minimum absolute atomic E-state index is 0.0743. The van der Waals surface area contributed by atoms with E-state index in [1.807, 2.05) is 0 Å². The second kappa shape index (κ2) is 3.80. The lowest BCUT2D eigenvalue weighted by atomic mass is 10.3. The van der Waals surface area contributed by atoms with Gasteiger partial charge in [0.1, 0.15) is 11.6 Å². The third-order valence-corrected chi connectivity index (χ3v) is 1.25. The average molecular weight is 184 g/mol. The van der Waals surface area contributed by atoms with Gasteiger partial charge < -0.3 is 4.74 Å². The lowest BCUT2D eigenvalue weighted by Gasteiger charge is -2.00. The fourth-order valence-electron chi connectivity index (χ4n) is 0.665. The summed E-state index contributed by atoms with van der Waals surface area (Å²) in [6.45, 7) is 2.75. The van der Waals surface area contributed by atoms with Crippen LogP contribution in [0.4, 0.5) is 8.78 Å². The zero-order valence-electron chi connectivity index (χ0n) is 6.59. The Labute approximate surface area is 73.4 Å². The van der Waals surface area contributed by atoms with Crippen LogP contribution >= 0.6 is 0 Å². The van der Waals surface area contributed by atoms with Gasteiger partial charge in [0.25, 0.3) is 0 Å². The minimum atomic E-state index is -1.19. The monoisotopic (exact) mass is 184 g/mol. The van der Waals surface area contributed by atoms with Crippen molar-refractivity contribution in [2.75, 3.05) is 0 Å². The van der Waals surface area contributed by atoms with Crippen molar-refractivity contribution in [3.8, 4) is 5.75 Å². The van der Waals surface area contributed by atoms with Gasteiger partial charge in [0.15, 0.2) is 0 Å². The van der Waals surface area contributed by atoms with Gasteiger partial charge in [-0.25, -0.2) is 9.18 Å². The van der Waals surface area contributed by atoms with Gasteiger partial charge in [0.05, 0.1) is 0 Å². The van der Waals surface area contributed by atoms with Crippen molar-refractivity contribution in [1.29, 1.82) is 0 Å². The van der Waals surface area contributed by atoms with E-state index in [9.17, 15) is 13.6 Å². The van der Waals surface area contributed by atoms with Gasteiger partial charge in [-0.2, -0.15) is 4.39 Å². The summed E-state index contributed by atoms with van der Waals surface area (Å²) in [4.78, 5) is 10.6. The molecule has 0 amide bonds. The third kappa shape index (κ3) is 2.66. The highest BCUT2D eigenvalue weighted by molar-refractivity contribution is 5.87. The van der Waals surface area contributed by atoms with Crippen molar-refractivity contribution >= 4 is 5.97 Å². The molecule has 68 valence electrons. The molecule has 0 radical (unpaired) electrons. The van der Waals surface area contributed by atoms with E-state index in [0.29, 0.717) is 0 Å². The minimum Gasteiger partial charge on any atom is -0.421 e. The molecule has 1 aromatic carbocycles. The van der Waals surface area contributed by atoms with Crippen molar-refractivity contribution < 1.29 is 18.3 Å². The van der Waals surface area contributed by atoms with Crippen LogP contribution in [0.2, 0.25) is 0 Å². The number of hydrogen-bond acceptors (Lipinski definition) is 2. The summed E-state index contributed by atoms with van der Waals surface area (Å²) in [5, 5.41) is 0. The van der Waals surface area contributed by atoms with Crippen LogP contribution in [0.25, 0.3) is 0 Å². The van der Waals surface area contributed by atoms with E-state index in [-0.39, 0.29) is 5.75 Å². The molecule has 0 fully saturated rings. The third-order valence-electron chi connectivity index (χ3n) is 1.25. The topological polar surface area (TPSA) is 26.3 Å². The SMILES string of the molecule is C=C(F)C(=O)Oc1ccc(F)cc1. The standard InChI is InChI=1S/C9H6F2O2/c1-6(10)9(12)13-8-4-2-7(11)3-5-8/h2-5H,1H2. The Hall–Kier alpha value is -1.71. The van der Waals surface area contributed by atoms with E-state index in [4.69, 9.17) is 0 Å². The van der Waals surface area contributed by atoms with Gasteiger partial charge in [-0.3, -0.25) is 0 Å². The lowest BCUT2D eigenvalue weighted by molar-refractivity contribution is -0.131. The van der Waals surface area contributed by atoms with Crippen LogP contribution in [-0.2, 0) is 4.79 Å². The van der Waals surface area contributed by atoms with Crippen molar-refractivity contribution in [1.82, 2.24) is 0 Å². The molecule has 0 aliphatic rings. The van der Waals surface area contributed by atoms with Crippen molar-refractivity contribution in [2.24, 2.45) is 0 Å². The van der Waals surface area contributed by atoms with E-state index in [2.05, 4.69) is 11.3 Å². The van der Waals surface area contributed by atoms with E-state index >= 15 is 0 Å². The van der Waals surface area contributed by atoms with Gasteiger partial charge in [0.2, 0.25) is 5.83 Å². The Balaban J connectivity index is 2.70. The Morgan fingerprint density at radius 1 is 1.31 bits per heavy atom. The van der Waals surface area contributed by atoms with Gasteiger partial charge >= 0.3 is 5.97 Å². The Kier molecular flexibility index (Phi) is 2.74. The van der Waals surface area contributed by atoms with Crippen molar-refractivity contribution in [3.63, 3.8) is 0 Å². The van der Waals surface area contributed by atoms with Crippen molar-refractivity contribution in [3.05, 3.63) is 42.5 Å². The largest absolute Gasteiger partial charge is 0.421 e. The average Bonchev–Trinajstić information content (AvgIpc) is 2.08. The van der Waals surface area contributed by atoms with Crippen molar-refractivity contribution in [2.45, 2.75) is 0 Å². The summed E-state index contributed by atoms with van der Waals surface area (Å²) in [6.07, 6.45) is 0. The maximum absolute atomic E-state index is 12.4. The molecule has 0 aromatic heterocycles. The van der Waals surface area contributed by atoms with Crippen LogP contribution in [0, 0.1) is 5.82 Å². The molecule has 4 heteroatoms. The molecule has 0 saturated heterocycles. The molecule has 1 aromatic rings. The molecule has 0 aliphatic heterocycles. The van der Waals surface area contributed by atoms with Crippen LogP contribution in [0.3, 0.4) is 0 Å². The maximum atomic E-state index is 12.4. The molecule has 0 bridgehead atoms. The van der Waals surface area contributed by atoms with E-state index in [1.54, 1.807) is 0 Å². The molecular formula is C9H6F2O2. The van der Waals surface area contributed by atoms with Gasteiger partial charge in [0, 0.05) is 0 Å². The number of carbonyl (C=O) groups is 1. The fourth-order valence-corrected chi connectivity index (χ4v) is 0.665. The number of benzene rings is 1. The summed E-state index contributed by atoms with van der Waals surface area (Å²) in [5.41, 5.74) is 0. The second-order valence-electron chi connectivity index (χ2n) is 2.25. The highest BCUT2D eigenvalue weighted by Gasteiger charge is 2.08. The van der Waals surface area contributed by atoms with Gasteiger partial charge in [-0.05, 0) is 24.3 Å². The van der Waals surface area contributed by atoms with Crippen LogP contribution in [0.5, 0.6) is 5.75 Å². The number of carbonyl (C=O) groups excluding carboxylic acids is 1. The molecule has 0 heterocycles. The van der Waals surface area contributed by atoms with Crippen LogP contribution in [0.15, 0.2) is 36.7 Å². The molecule has 1 rings (SSSR count). The number of ether oxygens (including phenoxy) is 1. The Morgan fingerprint density at radius 3 is 2.31 bits per heavy atom. The van der Waals surface area contributed by atoms with E-state index in [1.165, 1.54) is 12.1 Å². The zero-order valence-corrected chi connectivity index (χ0v) is 6.59. The summed E-state index contributed by atoms with van der Waals surface area (Å²) in [7, 11) is 0. The number of esters is 1. The lowest BCUT2D eigenvalue weighted by Crippen LogP contribution is -2.07. The second-order valence-corrected chi connectivity index (χ2v) is 2.25. The number of hydrogen-bond donors (Lipinski definition) is 0. The summed E-state index contributed by atoms with van der Waals surface area (Å²) in [5.74, 6) is -2.75. The molecule has 0 spiro atoms. The predicted molar refractivity (Wildman–Crippen MR) is 42.3 cm³/mol. The predicted octanol–water partition coefficient (Wildman–Crippen LogP) is 2.21. The van der Waals surface area contributed by atoms with Crippen LogP contribution in [-0.4, -0.2) is 5.97 Å². The number of rotatable bonds is 2. The normalized spacial score (nSPS) is 9.38. The first-order chi connectivity index (χ1) is 6.09. The molecule has 0 atom stereocenters.